The van der Waals surface area contributed by atoms with Crippen LogP contribution in [0, 0.1) is 0 Å². The number of phenols is 2. The fourth-order valence-electron chi connectivity index (χ4n) is 15.5. The van der Waals surface area contributed by atoms with Gasteiger partial charge in [-0.25, -0.2) is 38.3 Å². The first-order chi connectivity index (χ1) is 63.7. The summed E-state index contributed by atoms with van der Waals surface area (Å²) >= 11 is 0. The minimum Gasteiger partial charge on any atom is -0.505 e. The Bertz CT molecular complexity index is 8860. The molecule has 3 atom stereocenters. The molecule has 48 heteroatoms. The molecule has 0 spiro atoms. The Kier molecular flexibility index (Phi) is 21.1. The SMILES string of the molecule is CC1(S(=O)(=O)O)C=CC2=C(C=C1)c1nc2nc2[nH]c(nc3nc(nc4[nH]c(n1)c1ccccc41)C1=C3C=CC(C)(S(=O)(=O)Nc3cccc(Nc4nc(Nc5cc(S(=O)(=O)O)cc6cc(S(=O)(=O)O)c(N=Nc7cccc8ccccc78)c(O)c56)nc(Nc5cc(S(=O)(=O)O)cc6cc(S(=O)(=O)O)c(N=Nc7cccc8ccccc78)c(O)c56)n4)c3)C=C1)c1c2C=CC(C)(S(=O)(=O)O)C=C1. The number of H-pyrrole nitrogens is 2. The summed E-state index contributed by atoms with van der Waals surface area (Å²) in [6.45, 7) is 3.88. The van der Waals surface area contributed by atoms with E-state index in [0.29, 0.717) is 44.5 Å². The van der Waals surface area contributed by atoms with Gasteiger partial charge in [0.05, 0.1) is 38.2 Å². The standard InChI is InChI=1S/C87H63N19O22S7/c1-85(31-25-56-57(26-32-85)77-94-76(56)92-74-54-21-8-9-22-55(54)75(91-74)93-78-58-27-33-86(2,134(123,124)125)34-28-59(58)80(96-78)98-81-61-30-36-87(3,135(126,127)128)35-29-60(61)79(95-77)97-81)133(121,122)106-49-18-12-17-48(41-49)88-82-99-83(89-64-42-50(129(109,110)111)37-46-39-66(131(115,116)117)70(72(107)68(46)64)104-102-62-23-10-15-44-13-4-6-19-52(44)62)101-84(100-82)90-65-43-51(130(112,113)114)38-47-40-67(132(118,119)120)71(73(108)69(47)65)105-103-63-24-11-16-45-14-5-7-20-53(45)63/h4-43,106-108H,1-3H3,(H,109,110,111)(H,112,113,114)(H,115,116,117)(H,118,119,120)(H,123,124,125)(H,126,127,128)(H3,88,89,90,99,100,101)(H2,91,92,93,94,95,96,97,98). The molecule has 2 aliphatic heterocycles. The van der Waals surface area contributed by atoms with Crippen LogP contribution in [0.25, 0.3) is 111 Å². The number of nitrogens with zero attached hydrogens (tertiary/aromatic N) is 13. The summed E-state index contributed by atoms with van der Waals surface area (Å²) in [5, 5.41) is 51.0. The molecular weight excluding hydrogens is 1890 g/mol. The number of azo groups is 2. The van der Waals surface area contributed by atoms with Crippen LogP contribution in [0.4, 0.5) is 63.3 Å². The highest BCUT2D eigenvalue weighted by Crippen LogP contribution is 2.50. The van der Waals surface area contributed by atoms with E-state index in [2.05, 4.69) is 66.0 Å². The van der Waals surface area contributed by atoms with Crippen molar-refractivity contribution in [2.24, 2.45) is 20.5 Å². The van der Waals surface area contributed by atoms with Gasteiger partial charge in [-0.2, -0.15) is 65.5 Å². The minimum atomic E-state index is -5.44. The summed E-state index contributed by atoms with van der Waals surface area (Å²) in [7, 11) is -36.0. The number of sulfonamides is 1. The molecule has 10 aromatic carbocycles. The van der Waals surface area contributed by atoms with Crippen LogP contribution in [0.15, 0.2) is 271 Å². The maximum Gasteiger partial charge on any atom is 0.296 e. The molecule has 5 aliphatic rings. The molecule has 3 unspecified atom stereocenters. The van der Waals surface area contributed by atoms with Gasteiger partial charge in [-0.15, -0.1) is 20.5 Å². The van der Waals surface area contributed by atoms with E-state index in [-0.39, 0.29) is 102 Å². The van der Waals surface area contributed by atoms with Gasteiger partial charge in [0.25, 0.3) is 60.7 Å². The molecule has 0 radical (unpaired) electrons. The largest absolute Gasteiger partial charge is 0.505 e. The van der Waals surface area contributed by atoms with Crippen LogP contribution in [0.2, 0.25) is 0 Å². The molecule has 19 rings (SSSR count). The number of fused-ring (bicyclic) bond motifs is 22. The molecule has 0 amide bonds. The molecule has 0 saturated carbocycles. The fourth-order valence-corrected chi connectivity index (χ4v) is 20.0. The lowest BCUT2D eigenvalue weighted by Crippen LogP contribution is -2.36. The van der Waals surface area contributed by atoms with Crippen LogP contribution in [-0.2, 0) is 70.7 Å². The first kappa shape index (κ1) is 88.9. The number of hydrogen-bond donors (Lipinski definition) is 14. The zero-order valence-electron chi connectivity index (χ0n) is 69.1. The average Bonchev–Trinajstić information content (AvgIpc) is 1.40. The predicted octanol–water partition coefficient (Wildman–Crippen LogP) is 15.9. The van der Waals surface area contributed by atoms with Crippen LogP contribution in [-0.4, -0.2) is 166 Å². The molecule has 41 nitrogen and oxygen atoms in total. The average molecular weight is 1950 g/mol. The second kappa shape index (κ2) is 32.0. The summed E-state index contributed by atoms with van der Waals surface area (Å²) in [5.74, 6) is -4.47. The molecule has 8 bridgehead atoms. The molecule has 680 valence electrons. The summed E-state index contributed by atoms with van der Waals surface area (Å²) in [4.78, 5) is 45.5. The maximum absolute atomic E-state index is 15.5. The van der Waals surface area contributed by atoms with E-state index in [4.69, 9.17) is 29.9 Å². The number of aromatic nitrogens is 11. The Balaban J connectivity index is 0.728. The molecule has 0 saturated heterocycles. The summed E-state index contributed by atoms with van der Waals surface area (Å²) < 4.78 is 250. The molecule has 3 aliphatic carbocycles. The van der Waals surface area contributed by atoms with Gasteiger partial charge in [-0.3, -0.25) is 32.0 Å². The van der Waals surface area contributed by atoms with Crippen molar-refractivity contribution in [3.8, 4) is 11.5 Å². The van der Waals surface area contributed by atoms with E-state index < -0.39 is 178 Å². The molecule has 135 heavy (non-hydrogen) atoms. The number of anilines is 7. The van der Waals surface area contributed by atoms with E-state index >= 15 is 8.42 Å². The zero-order valence-corrected chi connectivity index (χ0v) is 74.8. The van der Waals surface area contributed by atoms with E-state index in [1.807, 2.05) is 0 Å². The number of phenolic OH excluding ortho intramolecular Hbond substituents is 2. The topological polar surface area (TPSA) is 646 Å². The van der Waals surface area contributed by atoms with Gasteiger partial charge in [0.2, 0.25) is 27.9 Å². The van der Waals surface area contributed by atoms with Crippen LogP contribution >= 0.6 is 0 Å². The van der Waals surface area contributed by atoms with E-state index in [1.165, 1.54) is 130 Å². The normalized spacial score (nSPS) is 17.6. The highest BCUT2D eigenvalue weighted by atomic mass is 32.2. The third-order valence-electron chi connectivity index (χ3n) is 22.7. The third kappa shape index (κ3) is 16.4. The molecular formula is C87H63N19O22S7. The van der Waals surface area contributed by atoms with Crippen molar-refractivity contribution in [2.45, 2.75) is 54.6 Å². The molecule has 14 aromatic rings. The lowest BCUT2D eigenvalue weighted by atomic mass is 10.1. The fraction of sp³-hybridized carbons (Fsp3) is 0.0690. The van der Waals surface area contributed by atoms with Crippen molar-refractivity contribution in [1.82, 2.24) is 54.8 Å². The van der Waals surface area contributed by atoms with Crippen LogP contribution in [0.5, 0.6) is 11.5 Å². The summed E-state index contributed by atoms with van der Waals surface area (Å²) in [6, 6.07) is 40.0. The van der Waals surface area contributed by atoms with Crippen molar-refractivity contribution in [1.29, 1.82) is 0 Å². The lowest BCUT2D eigenvalue weighted by Gasteiger charge is -2.23. The number of aromatic hydroxyl groups is 2. The molecule has 14 N–H and O–H groups in total. The third-order valence-corrected chi connectivity index (χ3v) is 30.8. The predicted molar refractivity (Wildman–Crippen MR) is 502 cm³/mol. The molecule has 6 heterocycles. The first-order valence-corrected chi connectivity index (χ1v) is 49.7. The number of allylic oxidation sites excluding steroid dienone is 8. The van der Waals surface area contributed by atoms with Crippen LogP contribution in [0.1, 0.15) is 55.2 Å². The van der Waals surface area contributed by atoms with Crippen LogP contribution in [0.3, 0.4) is 0 Å². The Hall–Kier alpha value is -15.3. The second-order valence-electron chi connectivity index (χ2n) is 31.6. The van der Waals surface area contributed by atoms with Gasteiger partial charge in [0.15, 0.2) is 34.8 Å². The van der Waals surface area contributed by atoms with Gasteiger partial charge in [-0.05, 0) is 109 Å². The van der Waals surface area contributed by atoms with Gasteiger partial charge >= 0.3 is 0 Å². The van der Waals surface area contributed by atoms with Gasteiger partial charge < -0.3 is 36.1 Å². The van der Waals surface area contributed by atoms with E-state index in [0.717, 1.165) is 24.3 Å². The highest BCUT2D eigenvalue weighted by Gasteiger charge is 2.41. The maximum atomic E-state index is 15.5. The van der Waals surface area contributed by atoms with Gasteiger partial charge in [-0.1, -0.05) is 176 Å². The van der Waals surface area contributed by atoms with Gasteiger partial charge in [0.1, 0.15) is 58.0 Å². The number of rotatable bonds is 19. The first-order valence-electron chi connectivity index (χ1n) is 39.5. The number of nitrogens with one attached hydrogen (secondary N) is 6. The van der Waals surface area contributed by atoms with Crippen molar-refractivity contribution < 1.29 is 96.5 Å². The highest BCUT2D eigenvalue weighted by molar-refractivity contribution is 7.94. The van der Waals surface area contributed by atoms with Crippen molar-refractivity contribution in [3.63, 3.8) is 0 Å². The Morgan fingerprint density at radius 1 is 0.326 bits per heavy atom. The van der Waals surface area contributed by atoms with Gasteiger partial charge in [0, 0.05) is 71.4 Å². The lowest BCUT2D eigenvalue weighted by molar-refractivity contribution is 0.464. The number of hydrogen-bond acceptors (Lipinski definition) is 32. The Morgan fingerprint density at radius 2 is 0.674 bits per heavy atom. The smallest absolute Gasteiger partial charge is 0.296 e. The number of benzene rings is 10. The van der Waals surface area contributed by atoms with E-state index in [9.17, 15) is 88.0 Å². The summed E-state index contributed by atoms with van der Waals surface area (Å²) in [6.07, 6.45) is 16.1. The van der Waals surface area contributed by atoms with Crippen molar-refractivity contribution in [3.05, 3.63) is 265 Å². The zero-order chi connectivity index (χ0) is 95.4. The monoisotopic (exact) mass is 1950 g/mol. The molecule has 4 aromatic heterocycles. The number of aromatic amines is 2. The quantitative estimate of drug-likeness (QED) is 0.0264. The second-order valence-corrected chi connectivity index (χ2v) is 43.0. The Morgan fingerprint density at radius 3 is 1.07 bits per heavy atom. The summed E-state index contributed by atoms with van der Waals surface area (Å²) in [5.41, 5.74) is -1.38. The van der Waals surface area contributed by atoms with Crippen LogP contribution < -0.4 is 20.7 Å². The van der Waals surface area contributed by atoms with Crippen molar-refractivity contribution in [2.75, 3.05) is 20.7 Å². The Labute approximate surface area is 763 Å². The molecule has 0 fully saturated rings. The van der Waals surface area contributed by atoms with E-state index in [1.54, 1.807) is 97.1 Å². The van der Waals surface area contributed by atoms with Crippen molar-refractivity contribution >= 4 is 245 Å². The minimum absolute atomic E-state index is 0.00358.